The van der Waals surface area contributed by atoms with Crippen molar-refractivity contribution >= 4 is 0 Å². The molecule has 17 heavy (non-hydrogen) atoms. The van der Waals surface area contributed by atoms with Crippen molar-refractivity contribution in [3.63, 3.8) is 0 Å². The highest BCUT2D eigenvalue weighted by atomic mass is 15.2. The van der Waals surface area contributed by atoms with Crippen LogP contribution in [0.2, 0.25) is 0 Å². The number of piperazine rings is 1. The summed E-state index contributed by atoms with van der Waals surface area (Å²) >= 11 is 0. The number of rotatable bonds is 3. The first-order valence-corrected chi connectivity index (χ1v) is 6.63. The van der Waals surface area contributed by atoms with Crippen molar-refractivity contribution in [3.05, 3.63) is 34.9 Å². The average molecular weight is 232 g/mol. The van der Waals surface area contributed by atoms with Crippen molar-refractivity contribution < 1.29 is 0 Å². The third-order valence-electron chi connectivity index (χ3n) is 3.81. The highest BCUT2D eigenvalue weighted by Crippen LogP contribution is 2.13. The molecule has 1 aliphatic rings. The van der Waals surface area contributed by atoms with Crippen LogP contribution in [0.3, 0.4) is 0 Å². The summed E-state index contributed by atoms with van der Waals surface area (Å²) in [4.78, 5) is 2.42. The predicted molar refractivity (Wildman–Crippen MR) is 73.5 cm³/mol. The molecule has 1 fully saturated rings. The maximum atomic E-state index is 3.60. The van der Waals surface area contributed by atoms with Gasteiger partial charge in [0.25, 0.3) is 0 Å². The Hall–Kier alpha value is -0.860. The van der Waals surface area contributed by atoms with E-state index >= 15 is 0 Å². The second-order valence-electron chi connectivity index (χ2n) is 5.37. The van der Waals surface area contributed by atoms with Crippen LogP contribution < -0.4 is 5.32 Å². The van der Waals surface area contributed by atoms with Gasteiger partial charge in [-0.1, -0.05) is 18.2 Å². The fraction of sp³-hybridized carbons (Fsp3) is 0.600. The molecular weight excluding hydrogens is 208 g/mol. The standard InChI is InChI=1S/C15H24N2/c1-12-4-5-14(10-13(12)2)6-7-15-11-17(3)9-8-16-15/h4-5,10,15-16H,6-9,11H2,1-3H3. The lowest BCUT2D eigenvalue weighted by molar-refractivity contribution is 0.232. The van der Waals surface area contributed by atoms with Gasteiger partial charge in [-0.3, -0.25) is 0 Å². The van der Waals surface area contributed by atoms with Crippen LogP contribution in [0.4, 0.5) is 0 Å². The second kappa shape index (κ2) is 5.65. The van der Waals surface area contributed by atoms with Crippen LogP contribution in [0, 0.1) is 13.8 Å². The van der Waals surface area contributed by atoms with E-state index in [-0.39, 0.29) is 0 Å². The molecule has 0 bridgehead atoms. The normalized spacial score (nSPS) is 21.7. The molecule has 94 valence electrons. The highest BCUT2D eigenvalue weighted by Gasteiger charge is 2.15. The molecule has 0 saturated carbocycles. The molecule has 1 aromatic carbocycles. The maximum absolute atomic E-state index is 3.60. The molecule has 2 rings (SSSR count). The van der Waals surface area contributed by atoms with Gasteiger partial charge in [0.15, 0.2) is 0 Å². The Morgan fingerprint density at radius 3 is 2.82 bits per heavy atom. The van der Waals surface area contributed by atoms with Crippen LogP contribution in [0.15, 0.2) is 18.2 Å². The van der Waals surface area contributed by atoms with E-state index in [0.717, 1.165) is 6.54 Å². The largest absolute Gasteiger partial charge is 0.311 e. The first-order valence-electron chi connectivity index (χ1n) is 6.63. The van der Waals surface area contributed by atoms with Gasteiger partial charge in [0.1, 0.15) is 0 Å². The van der Waals surface area contributed by atoms with Gasteiger partial charge in [-0.2, -0.15) is 0 Å². The van der Waals surface area contributed by atoms with Crippen molar-refractivity contribution in [1.29, 1.82) is 0 Å². The summed E-state index contributed by atoms with van der Waals surface area (Å²) in [5, 5.41) is 3.60. The number of benzene rings is 1. The molecule has 1 heterocycles. The molecule has 2 nitrogen and oxygen atoms in total. The van der Waals surface area contributed by atoms with Gasteiger partial charge in [-0.05, 0) is 50.4 Å². The fourth-order valence-corrected chi connectivity index (χ4v) is 2.48. The maximum Gasteiger partial charge on any atom is 0.0198 e. The summed E-state index contributed by atoms with van der Waals surface area (Å²) in [5.74, 6) is 0. The van der Waals surface area contributed by atoms with Gasteiger partial charge in [0.2, 0.25) is 0 Å². The van der Waals surface area contributed by atoms with Crippen LogP contribution in [-0.4, -0.2) is 37.6 Å². The van der Waals surface area contributed by atoms with Crippen LogP contribution in [0.5, 0.6) is 0 Å². The van der Waals surface area contributed by atoms with Gasteiger partial charge in [-0.25, -0.2) is 0 Å². The molecule has 1 saturated heterocycles. The smallest absolute Gasteiger partial charge is 0.0198 e. The lowest BCUT2D eigenvalue weighted by Crippen LogP contribution is -2.49. The van der Waals surface area contributed by atoms with Gasteiger partial charge >= 0.3 is 0 Å². The zero-order valence-corrected chi connectivity index (χ0v) is 11.3. The Morgan fingerprint density at radius 1 is 1.29 bits per heavy atom. The first kappa shape index (κ1) is 12.6. The summed E-state index contributed by atoms with van der Waals surface area (Å²) in [6, 6.07) is 7.51. The molecule has 0 amide bonds. The van der Waals surface area contributed by atoms with E-state index < -0.39 is 0 Å². The van der Waals surface area contributed by atoms with Crippen LogP contribution in [0.25, 0.3) is 0 Å². The predicted octanol–water partition coefficient (Wildman–Crippen LogP) is 2.14. The summed E-state index contributed by atoms with van der Waals surface area (Å²) in [7, 11) is 2.21. The minimum atomic E-state index is 0.662. The minimum absolute atomic E-state index is 0.662. The van der Waals surface area contributed by atoms with Crippen molar-refractivity contribution in [2.24, 2.45) is 0 Å². The topological polar surface area (TPSA) is 15.3 Å². The second-order valence-corrected chi connectivity index (χ2v) is 5.37. The van der Waals surface area contributed by atoms with Crippen molar-refractivity contribution in [3.8, 4) is 0 Å². The van der Waals surface area contributed by atoms with E-state index in [9.17, 15) is 0 Å². The number of hydrogen-bond donors (Lipinski definition) is 1. The molecule has 1 aliphatic heterocycles. The lowest BCUT2D eigenvalue weighted by atomic mass is 10.00. The van der Waals surface area contributed by atoms with Gasteiger partial charge in [0, 0.05) is 25.7 Å². The van der Waals surface area contributed by atoms with Gasteiger partial charge in [0.05, 0.1) is 0 Å². The number of nitrogens with zero attached hydrogens (tertiary/aromatic N) is 1. The van der Waals surface area contributed by atoms with Crippen molar-refractivity contribution in [2.45, 2.75) is 32.7 Å². The quantitative estimate of drug-likeness (QED) is 0.859. The van der Waals surface area contributed by atoms with E-state index in [1.54, 1.807) is 0 Å². The molecule has 1 aromatic rings. The van der Waals surface area contributed by atoms with Gasteiger partial charge < -0.3 is 10.2 Å². The Kier molecular flexibility index (Phi) is 4.19. The molecular formula is C15H24N2. The molecule has 0 aromatic heterocycles. The van der Waals surface area contributed by atoms with Crippen molar-refractivity contribution in [1.82, 2.24) is 10.2 Å². The summed E-state index contributed by atoms with van der Waals surface area (Å²) in [5.41, 5.74) is 4.28. The number of likely N-dealkylation sites (N-methyl/N-ethyl adjacent to an activating group) is 1. The Labute approximate surface area is 105 Å². The van der Waals surface area contributed by atoms with Crippen LogP contribution in [0.1, 0.15) is 23.1 Å². The average Bonchev–Trinajstić information content (AvgIpc) is 2.31. The molecule has 0 radical (unpaired) electrons. The zero-order chi connectivity index (χ0) is 12.3. The lowest BCUT2D eigenvalue weighted by Gasteiger charge is -2.31. The highest BCUT2D eigenvalue weighted by molar-refractivity contribution is 5.30. The summed E-state index contributed by atoms with van der Waals surface area (Å²) in [6.07, 6.45) is 2.43. The summed E-state index contributed by atoms with van der Waals surface area (Å²) < 4.78 is 0. The van der Waals surface area contributed by atoms with E-state index in [0.29, 0.717) is 6.04 Å². The Balaban J connectivity index is 1.86. The third-order valence-corrected chi connectivity index (χ3v) is 3.81. The minimum Gasteiger partial charge on any atom is -0.311 e. The molecule has 1 unspecified atom stereocenters. The number of nitrogens with one attached hydrogen (secondary N) is 1. The SMILES string of the molecule is Cc1ccc(CCC2CN(C)CCN2)cc1C. The molecule has 1 atom stereocenters. The number of aryl methyl sites for hydroxylation is 3. The van der Waals surface area contributed by atoms with E-state index in [1.165, 1.54) is 42.6 Å². The van der Waals surface area contributed by atoms with E-state index in [2.05, 4.69) is 49.3 Å². The number of hydrogen-bond acceptors (Lipinski definition) is 2. The van der Waals surface area contributed by atoms with Crippen LogP contribution in [-0.2, 0) is 6.42 Å². The van der Waals surface area contributed by atoms with E-state index in [4.69, 9.17) is 0 Å². The molecule has 1 N–H and O–H groups in total. The molecule has 2 heteroatoms. The third kappa shape index (κ3) is 3.55. The molecule has 0 spiro atoms. The molecule has 0 aliphatic carbocycles. The van der Waals surface area contributed by atoms with Gasteiger partial charge in [-0.15, -0.1) is 0 Å². The monoisotopic (exact) mass is 232 g/mol. The summed E-state index contributed by atoms with van der Waals surface area (Å²) in [6.45, 7) is 7.88. The van der Waals surface area contributed by atoms with Crippen molar-refractivity contribution in [2.75, 3.05) is 26.7 Å². The zero-order valence-electron chi connectivity index (χ0n) is 11.3. The van der Waals surface area contributed by atoms with Crippen LogP contribution >= 0.6 is 0 Å². The Morgan fingerprint density at radius 2 is 2.12 bits per heavy atom. The Bertz CT molecular complexity index is 373. The van der Waals surface area contributed by atoms with E-state index in [1.807, 2.05) is 0 Å². The fourth-order valence-electron chi connectivity index (χ4n) is 2.48. The first-order chi connectivity index (χ1) is 8.15.